The summed E-state index contributed by atoms with van der Waals surface area (Å²) in [7, 11) is 1.87. The van der Waals surface area contributed by atoms with E-state index < -0.39 is 0 Å². The fourth-order valence-electron chi connectivity index (χ4n) is 2.40. The second-order valence-corrected chi connectivity index (χ2v) is 5.24. The number of carbonyl (C=O) groups is 1. The molecule has 1 amide bonds. The average molecular weight is 270 g/mol. The van der Waals surface area contributed by atoms with E-state index in [9.17, 15) is 4.79 Å². The Morgan fingerprint density at radius 1 is 1.67 bits per heavy atom. The van der Waals surface area contributed by atoms with Crippen LogP contribution in [0.4, 0.5) is 0 Å². The predicted octanol–water partition coefficient (Wildman–Crippen LogP) is 1.99. The zero-order valence-corrected chi connectivity index (χ0v) is 11.7. The van der Waals surface area contributed by atoms with Crippen LogP contribution >= 0.6 is 11.6 Å². The molecule has 0 saturated carbocycles. The minimum atomic E-state index is 0.0593. The first-order valence-corrected chi connectivity index (χ1v) is 6.84. The Morgan fingerprint density at radius 2 is 2.44 bits per heavy atom. The van der Waals surface area contributed by atoms with Gasteiger partial charge < -0.3 is 14.8 Å². The van der Waals surface area contributed by atoms with Crippen LogP contribution in [0.25, 0.3) is 0 Å². The van der Waals surface area contributed by atoms with Crippen molar-refractivity contribution in [1.29, 1.82) is 0 Å². The topological polar surface area (TPSA) is 37.3 Å². The van der Waals surface area contributed by atoms with Gasteiger partial charge in [0.1, 0.15) is 5.69 Å². The van der Waals surface area contributed by atoms with Gasteiger partial charge in [-0.1, -0.05) is 18.5 Å². The number of hydrogen-bond donors (Lipinski definition) is 1. The SMILES string of the molecule is CCCn1cc(Cl)cc1C(=O)N(C)C1CCNC1. The lowest BCUT2D eigenvalue weighted by molar-refractivity contribution is 0.0732. The Hall–Kier alpha value is -1.00. The minimum absolute atomic E-state index is 0.0593. The number of nitrogens with one attached hydrogen (secondary N) is 1. The molecule has 2 heterocycles. The van der Waals surface area contributed by atoms with Gasteiger partial charge in [0.25, 0.3) is 5.91 Å². The Morgan fingerprint density at radius 3 is 3.06 bits per heavy atom. The number of carbonyl (C=O) groups excluding carboxylic acids is 1. The molecule has 1 aliphatic rings. The number of halogens is 1. The maximum atomic E-state index is 12.5. The van der Waals surface area contributed by atoms with E-state index in [1.54, 1.807) is 6.07 Å². The normalized spacial score (nSPS) is 19.2. The summed E-state index contributed by atoms with van der Waals surface area (Å²) in [5.74, 6) is 0.0593. The zero-order chi connectivity index (χ0) is 13.1. The van der Waals surface area contributed by atoms with Crippen molar-refractivity contribution in [1.82, 2.24) is 14.8 Å². The number of aromatic nitrogens is 1. The number of amides is 1. The minimum Gasteiger partial charge on any atom is -0.342 e. The van der Waals surface area contributed by atoms with Crippen LogP contribution < -0.4 is 5.32 Å². The highest BCUT2D eigenvalue weighted by Crippen LogP contribution is 2.18. The van der Waals surface area contributed by atoms with Gasteiger partial charge in [0.05, 0.1) is 5.02 Å². The van der Waals surface area contributed by atoms with E-state index in [2.05, 4.69) is 12.2 Å². The van der Waals surface area contributed by atoms with E-state index >= 15 is 0 Å². The van der Waals surface area contributed by atoms with Crippen molar-refractivity contribution in [3.8, 4) is 0 Å². The summed E-state index contributed by atoms with van der Waals surface area (Å²) in [5.41, 5.74) is 0.691. The quantitative estimate of drug-likeness (QED) is 0.908. The number of likely N-dealkylation sites (N-methyl/N-ethyl adjacent to an activating group) is 1. The van der Waals surface area contributed by atoms with Gasteiger partial charge >= 0.3 is 0 Å². The fraction of sp³-hybridized carbons (Fsp3) is 0.615. The molecule has 1 atom stereocenters. The smallest absolute Gasteiger partial charge is 0.270 e. The molecule has 1 aromatic heterocycles. The predicted molar refractivity (Wildman–Crippen MR) is 73.1 cm³/mol. The van der Waals surface area contributed by atoms with Gasteiger partial charge in [0.15, 0.2) is 0 Å². The van der Waals surface area contributed by atoms with Gasteiger partial charge in [-0.3, -0.25) is 4.79 Å². The van der Waals surface area contributed by atoms with Gasteiger partial charge in [0, 0.05) is 32.4 Å². The molecule has 100 valence electrons. The van der Waals surface area contributed by atoms with Crippen LogP contribution in [-0.4, -0.2) is 41.6 Å². The molecule has 2 rings (SSSR count). The number of aryl methyl sites for hydroxylation is 1. The van der Waals surface area contributed by atoms with Crippen LogP contribution in [0.5, 0.6) is 0 Å². The fourth-order valence-corrected chi connectivity index (χ4v) is 2.62. The summed E-state index contributed by atoms with van der Waals surface area (Å²) in [6, 6.07) is 2.06. The van der Waals surface area contributed by atoms with E-state index in [0.29, 0.717) is 16.8 Å². The summed E-state index contributed by atoms with van der Waals surface area (Å²) in [5, 5.41) is 3.91. The molecule has 4 nitrogen and oxygen atoms in total. The molecule has 18 heavy (non-hydrogen) atoms. The molecule has 5 heteroatoms. The average Bonchev–Trinajstić information content (AvgIpc) is 2.97. The van der Waals surface area contributed by atoms with Crippen LogP contribution in [0.1, 0.15) is 30.3 Å². The standard InChI is InChI=1S/C13H20ClN3O/c1-3-6-17-9-10(14)7-12(17)13(18)16(2)11-4-5-15-8-11/h7,9,11,15H,3-6,8H2,1-2H3. The lowest BCUT2D eigenvalue weighted by Crippen LogP contribution is -2.39. The van der Waals surface area contributed by atoms with E-state index in [-0.39, 0.29) is 5.91 Å². The van der Waals surface area contributed by atoms with Crippen LogP contribution in [0, 0.1) is 0 Å². The van der Waals surface area contributed by atoms with Crippen molar-refractivity contribution in [2.75, 3.05) is 20.1 Å². The molecular formula is C13H20ClN3O. The number of hydrogen-bond acceptors (Lipinski definition) is 2. The van der Waals surface area contributed by atoms with Crippen molar-refractivity contribution in [3.63, 3.8) is 0 Å². The summed E-state index contributed by atoms with van der Waals surface area (Å²) in [4.78, 5) is 14.3. The monoisotopic (exact) mass is 269 g/mol. The number of nitrogens with zero attached hydrogens (tertiary/aromatic N) is 2. The van der Waals surface area contributed by atoms with Crippen molar-refractivity contribution in [2.24, 2.45) is 0 Å². The van der Waals surface area contributed by atoms with Crippen LogP contribution in [0.15, 0.2) is 12.3 Å². The molecule has 1 fully saturated rings. The summed E-state index contributed by atoms with van der Waals surface area (Å²) >= 11 is 6.01. The highest BCUT2D eigenvalue weighted by Gasteiger charge is 2.25. The highest BCUT2D eigenvalue weighted by molar-refractivity contribution is 6.31. The van der Waals surface area contributed by atoms with Crippen molar-refractivity contribution in [3.05, 3.63) is 23.0 Å². The lowest BCUT2D eigenvalue weighted by atomic mass is 10.2. The molecule has 0 aromatic carbocycles. The second kappa shape index (κ2) is 5.76. The Labute approximate surface area is 113 Å². The van der Waals surface area contributed by atoms with E-state index in [0.717, 1.165) is 32.5 Å². The largest absolute Gasteiger partial charge is 0.342 e. The summed E-state index contributed by atoms with van der Waals surface area (Å²) in [6.45, 7) is 4.78. The molecular weight excluding hydrogens is 250 g/mol. The molecule has 1 saturated heterocycles. The van der Waals surface area contributed by atoms with Gasteiger partial charge in [-0.05, 0) is 25.5 Å². The van der Waals surface area contributed by atoms with Gasteiger partial charge in [-0.2, -0.15) is 0 Å². The molecule has 0 bridgehead atoms. The van der Waals surface area contributed by atoms with E-state index in [1.807, 2.05) is 22.7 Å². The third-order valence-electron chi connectivity index (χ3n) is 3.45. The number of rotatable bonds is 4. The van der Waals surface area contributed by atoms with Crippen LogP contribution in [0.3, 0.4) is 0 Å². The summed E-state index contributed by atoms with van der Waals surface area (Å²) in [6.07, 6.45) is 3.84. The first kappa shape index (κ1) is 13.4. The van der Waals surface area contributed by atoms with E-state index in [4.69, 9.17) is 11.6 Å². The second-order valence-electron chi connectivity index (χ2n) is 4.80. The Kier molecular flexibility index (Phi) is 4.30. The van der Waals surface area contributed by atoms with Crippen molar-refractivity contribution in [2.45, 2.75) is 32.4 Å². The third kappa shape index (κ3) is 2.70. The first-order valence-electron chi connectivity index (χ1n) is 6.47. The van der Waals surface area contributed by atoms with Gasteiger partial charge in [-0.15, -0.1) is 0 Å². The summed E-state index contributed by atoms with van der Waals surface area (Å²) < 4.78 is 1.95. The molecule has 0 spiro atoms. The molecule has 1 N–H and O–H groups in total. The maximum Gasteiger partial charge on any atom is 0.270 e. The zero-order valence-electron chi connectivity index (χ0n) is 10.9. The molecule has 1 aromatic rings. The van der Waals surface area contributed by atoms with Crippen molar-refractivity contribution < 1.29 is 4.79 Å². The third-order valence-corrected chi connectivity index (χ3v) is 3.66. The van der Waals surface area contributed by atoms with Gasteiger partial charge in [0.2, 0.25) is 0 Å². The molecule has 0 aliphatic carbocycles. The lowest BCUT2D eigenvalue weighted by Gasteiger charge is -2.24. The first-order chi connectivity index (χ1) is 8.63. The van der Waals surface area contributed by atoms with E-state index in [1.165, 1.54) is 0 Å². The van der Waals surface area contributed by atoms with Crippen LogP contribution in [-0.2, 0) is 6.54 Å². The van der Waals surface area contributed by atoms with Gasteiger partial charge in [-0.25, -0.2) is 0 Å². The maximum absolute atomic E-state index is 12.5. The Bertz CT molecular complexity index is 424. The van der Waals surface area contributed by atoms with Crippen molar-refractivity contribution >= 4 is 17.5 Å². The Balaban J connectivity index is 2.16. The molecule has 0 radical (unpaired) electrons. The molecule has 1 unspecified atom stereocenters. The highest BCUT2D eigenvalue weighted by atomic mass is 35.5. The van der Waals surface area contributed by atoms with Crippen LogP contribution in [0.2, 0.25) is 5.02 Å². The molecule has 1 aliphatic heterocycles.